The Labute approximate surface area is 116 Å². The van der Waals surface area contributed by atoms with E-state index in [-0.39, 0.29) is 12.0 Å². The van der Waals surface area contributed by atoms with Crippen molar-refractivity contribution in [1.29, 1.82) is 0 Å². The molecule has 0 heterocycles. The van der Waals surface area contributed by atoms with Crippen LogP contribution >= 0.6 is 0 Å². The topological polar surface area (TPSA) is 49.3 Å². The van der Waals surface area contributed by atoms with Gasteiger partial charge in [0.15, 0.2) is 5.67 Å². The minimum absolute atomic E-state index is 0.149. The molecule has 0 unspecified atom stereocenters. The average molecular weight is 273 g/mol. The van der Waals surface area contributed by atoms with Crippen molar-refractivity contribution < 1.29 is 14.3 Å². The van der Waals surface area contributed by atoms with Gasteiger partial charge in [-0.05, 0) is 50.9 Å². The lowest BCUT2D eigenvalue weighted by molar-refractivity contribution is -0.132. The summed E-state index contributed by atoms with van der Waals surface area (Å²) >= 11 is 0. The van der Waals surface area contributed by atoms with Gasteiger partial charge in [-0.25, -0.2) is 4.39 Å². The fraction of sp³-hybridized carbons (Fsp3) is 0.933. The number of halogens is 1. The molecule has 1 aliphatic rings. The Morgan fingerprint density at radius 2 is 1.74 bits per heavy atom. The van der Waals surface area contributed by atoms with Crippen LogP contribution in [0.3, 0.4) is 0 Å². The van der Waals surface area contributed by atoms with E-state index in [0.29, 0.717) is 18.8 Å². The lowest BCUT2D eigenvalue weighted by Gasteiger charge is -2.41. The third kappa shape index (κ3) is 4.75. The van der Waals surface area contributed by atoms with Crippen molar-refractivity contribution in [2.45, 2.75) is 71.6 Å². The van der Waals surface area contributed by atoms with Gasteiger partial charge in [-0.15, -0.1) is 0 Å². The summed E-state index contributed by atoms with van der Waals surface area (Å²) in [5.41, 5.74) is -2.51. The van der Waals surface area contributed by atoms with E-state index in [0.717, 1.165) is 12.8 Å². The molecule has 0 aromatic heterocycles. The minimum atomic E-state index is -1.89. The smallest absolute Gasteiger partial charge is 0.257 e. The maximum atomic E-state index is 13.4. The van der Waals surface area contributed by atoms with E-state index in [1.54, 1.807) is 0 Å². The maximum Gasteiger partial charge on any atom is 0.257 e. The molecule has 0 spiro atoms. The molecule has 0 bridgehead atoms. The Morgan fingerprint density at radius 3 is 2.11 bits per heavy atom. The molecule has 3 nitrogen and oxygen atoms in total. The number of nitrogens with one attached hydrogen (secondary N) is 1. The summed E-state index contributed by atoms with van der Waals surface area (Å²) in [6.07, 6.45) is 3.24. The monoisotopic (exact) mass is 273 g/mol. The number of carbonyl (C=O) groups excluding carboxylic acids is 1. The van der Waals surface area contributed by atoms with Crippen molar-refractivity contribution in [3.05, 3.63) is 0 Å². The molecule has 4 heteroatoms. The van der Waals surface area contributed by atoms with Gasteiger partial charge in [-0.1, -0.05) is 20.8 Å². The molecule has 0 aromatic carbocycles. The van der Waals surface area contributed by atoms with Crippen LogP contribution in [0.2, 0.25) is 0 Å². The van der Waals surface area contributed by atoms with E-state index in [1.807, 2.05) is 0 Å². The molecule has 0 aromatic rings. The third-order valence-corrected chi connectivity index (χ3v) is 4.26. The zero-order valence-corrected chi connectivity index (χ0v) is 12.8. The van der Waals surface area contributed by atoms with Crippen molar-refractivity contribution in [3.63, 3.8) is 0 Å². The van der Waals surface area contributed by atoms with Crippen LogP contribution in [-0.2, 0) is 4.79 Å². The Balaban J connectivity index is 2.47. The van der Waals surface area contributed by atoms with E-state index in [4.69, 9.17) is 0 Å². The number of aliphatic hydroxyl groups is 1. The van der Waals surface area contributed by atoms with E-state index < -0.39 is 17.2 Å². The molecule has 1 amide bonds. The van der Waals surface area contributed by atoms with Crippen LogP contribution < -0.4 is 5.32 Å². The molecule has 1 rings (SSSR count). The normalized spacial score (nSPS) is 29.1. The van der Waals surface area contributed by atoms with Gasteiger partial charge in [0.1, 0.15) is 0 Å². The van der Waals surface area contributed by atoms with Crippen molar-refractivity contribution in [1.82, 2.24) is 5.32 Å². The molecule has 0 radical (unpaired) electrons. The summed E-state index contributed by atoms with van der Waals surface area (Å²) in [7, 11) is 0. The molecule has 0 aliphatic heterocycles. The maximum absolute atomic E-state index is 13.4. The molecule has 112 valence electrons. The van der Waals surface area contributed by atoms with Crippen LogP contribution in [0, 0.1) is 11.3 Å². The first-order valence-electron chi connectivity index (χ1n) is 7.14. The van der Waals surface area contributed by atoms with Crippen LogP contribution in [-0.4, -0.2) is 28.8 Å². The second-order valence-electron chi connectivity index (χ2n) is 7.52. The van der Waals surface area contributed by atoms with Gasteiger partial charge in [0, 0.05) is 6.54 Å². The Morgan fingerprint density at radius 1 is 1.26 bits per heavy atom. The summed E-state index contributed by atoms with van der Waals surface area (Å²) in [5.74, 6) is -0.0556. The molecule has 1 aliphatic carbocycles. The first-order chi connectivity index (χ1) is 8.44. The first kappa shape index (κ1) is 16.4. The van der Waals surface area contributed by atoms with Gasteiger partial charge < -0.3 is 10.4 Å². The number of carbonyl (C=O) groups is 1. The number of rotatable bonds is 3. The van der Waals surface area contributed by atoms with Gasteiger partial charge in [0.2, 0.25) is 0 Å². The van der Waals surface area contributed by atoms with Crippen LogP contribution in [0.25, 0.3) is 0 Å². The third-order valence-electron chi connectivity index (χ3n) is 4.26. The number of hydrogen-bond donors (Lipinski definition) is 2. The molecule has 0 saturated heterocycles. The van der Waals surface area contributed by atoms with Gasteiger partial charge in [-0.3, -0.25) is 4.79 Å². The van der Waals surface area contributed by atoms with Crippen molar-refractivity contribution in [2.24, 2.45) is 11.3 Å². The first-order valence-corrected chi connectivity index (χ1v) is 7.14. The van der Waals surface area contributed by atoms with Crippen molar-refractivity contribution in [3.8, 4) is 0 Å². The van der Waals surface area contributed by atoms with Gasteiger partial charge in [-0.2, -0.15) is 0 Å². The fourth-order valence-electron chi connectivity index (χ4n) is 2.65. The highest BCUT2D eigenvalue weighted by atomic mass is 19.1. The largest absolute Gasteiger partial charge is 0.388 e. The highest BCUT2D eigenvalue weighted by Gasteiger charge is 2.38. The highest BCUT2D eigenvalue weighted by molar-refractivity contribution is 5.84. The Bertz CT molecular complexity index is 320. The summed E-state index contributed by atoms with van der Waals surface area (Å²) in [5, 5.41) is 13.0. The molecule has 19 heavy (non-hydrogen) atoms. The number of alkyl halides is 1. The van der Waals surface area contributed by atoms with Crippen LogP contribution in [0.5, 0.6) is 0 Å². The number of hydrogen-bond acceptors (Lipinski definition) is 2. The molecular weight excluding hydrogens is 245 g/mol. The van der Waals surface area contributed by atoms with Crippen LogP contribution in [0.15, 0.2) is 0 Å². The molecule has 1 saturated carbocycles. The van der Waals surface area contributed by atoms with E-state index in [2.05, 4.69) is 26.1 Å². The highest BCUT2D eigenvalue weighted by Crippen LogP contribution is 2.41. The second kappa shape index (κ2) is 5.39. The van der Waals surface area contributed by atoms with E-state index in [9.17, 15) is 14.3 Å². The Kier molecular flexibility index (Phi) is 4.66. The lowest BCUT2D eigenvalue weighted by Crippen LogP contribution is -2.49. The van der Waals surface area contributed by atoms with Crippen LogP contribution in [0.4, 0.5) is 4.39 Å². The summed E-state index contributed by atoms with van der Waals surface area (Å²) in [6, 6.07) is 0. The summed E-state index contributed by atoms with van der Waals surface area (Å²) in [4.78, 5) is 11.5. The van der Waals surface area contributed by atoms with Crippen molar-refractivity contribution in [2.75, 3.05) is 6.54 Å². The zero-order chi connectivity index (χ0) is 14.9. The quantitative estimate of drug-likeness (QED) is 0.830. The average Bonchev–Trinajstić information content (AvgIpc) is 2.24. The molecule has 0 atom stereocenters. The van der Waals surface area contributed by atoms with E-state index in [1.165, 1.54) is 13.8 Å². The fourth-order valence-corrected chi connectivity index (χ4v) is 2.65. The predicted octanol–water partition coefficient (Wildman–Crippen LogP) is 2.82. The zero-order valence-electron chi connectivity index (χ0n) is 12.8. The minimum Gasteiger partial charge on any atom is -0.388 e. The Hall–Kier alpha value is -0.640. The SMILES string of the molecule is CC(C)(F)C(=O)NCC1(O)CCC(C(C)(C)C)CC1. The lowest BCUT2D eigenvalue weighted by atomic mass is 9.68. The van der Waals surface area contributed by atoms with E-state index >= 15 is 0 Å². The summed E-state index contributed by atoms with van der Waals surface area (Å²) < 4.78 is 13.4. The predicted molar refractivity (Wildman–Crippen MR) is 74.6 cm³/mol. The van der Waals surface area contributed by atoms with Crippen LogP contribution in [0.1, 0.15) is 60.3 Å². The standard InChI is InChI=1S/C15H28FNO2/c1-13(2,3)11-6-8-15(19,9-7-11)10-17-12(18)14(4,5)16/h11,19H,6-10H2,1-5H3,(H,17,18). The second-order valence-corrected chi connectivity index (χ2v) is 7.52. The molecular formula is C15H28FNO2. The number of amides is 1. The summed E-state index contributed by atoms with van der Waals surface area (Å²) in [6.45, 7) is 9.25. The van der Waals surface area contributed by atoms with Gasteiger partial charge >= 0.3 is 0 Å². The van der Waals surface area contributed by atoms with Crippen molar-refractivity contribution >= 4 is 5.91 Å². The van der Waals surface area contributed by atoms with Gasteiger partial charge in [0.25, 0.3) is 5.91 Å². The molecule has 2 N–H and O–H groups in total. The molecule has 1 fully saturated rings. The van der Waals surface area contributed by atoms with Gasteiger partial charge in [0.05, 0.1) is 5.60 Å².